The van der Waals surface area contributed by atoms with E-state index in [0.29, 0.717) is 32.5 Å². The molecule has 0 saturated carbocycles. The van der Waals surface area contributed by atoms with Gasteiger partial charge in [0.1, 0.15) is 40.7 Å². The number of likely N-dealkylation sites (tertiary alicyclic amines) is 1. The minimum Gasteiger partial charge on any atom is -0.326 e. The van der Waals surface area contributed by atoms with Crippen LogP contribution < -0.4 is 5.32 Å². The maximum atomic E-state index is 14.5. The predicted octanol–water partition coefficient (Wildman–Crippen LogP) is 3.39. The number of nitrogens with one attached hydrogen (secondary N) is 1. The van der Waals surface area contributed by atoms with E-state index in [4.69, 9.17) is 4.89 Å². The SMILES string of the molecule is Cc1ncc(-c2ccc3c(c2)c(C(=O)CO[P+](=O)O)nn3CC(=O)N2C[C@H](F)C[C@H]2C(=O)Nc2cccc(Br)n2)cn1. The van der Waals surface area contributed by atoms with Gasteiger partial charge in [0.25, 0.3) is 0 Å². The fraction of sp³-hybridized carbons (Fsp3) is 0.269. The molecule has 0 bridgehead atoms. The number of fused-ring (bicyclic) bond motifs is 1. The summed E-state index contributed by atoms with van der Waals surface area (Å²) < 4.78 is 31.9. The molecule has 5 rings (SSSR count). The average Bonchev–Trinajstić information content (AvgIpc) is 3.52. The summed E-state index contributed by atoms with van der Waals surface area (Å²) in [7, 11) is -3.02. The zero-order valence-electron chi connectivity index (χ0n) is 22.0. The zero-order valence-corrected chi connectivity index (χ0v) is 24.5. The highest BCUT2D eigenvalue weighted by Gasteiger charge is 2.40. The zero-order chi connectivity index (χ0) is 30.0. The van der Waals surface area contributed by atoms with Crippen LogP contribution in [0.1, 0.15) is 22.7 Å². The van der Waals surface area contributed by atoms with Crippen molar-refractivity contribution in [2.75, 3.05) is 18.5 Å². The molecule has 0 spiro atoms. The lowest BCUT2D eigenvalue weighted by molar-refractivity contribution is -0.137. The maximum absolute atomic E-state index is 14.5. The predicted molar refractivity (Wildman–Crippen MR) is 151 cm³/mol. The number of hydrogen-bond acceptors (Lipinski definition) is 9. The van der Waals surface area contributed by atoms with Crippen LogP contribution in [0.2, 0.25) is 0 Å². The Morgan fingerprint density at radius 1 is 1.19 bits per heavy atom. The van der Waals surface area contributed by atoms with Crippen LogP contribution in [0.3, 0.4) is 0 Å². The molecule has 13 nitrogen and oxygen atoms in total. The molecule has 16 heteroatoms. The van der Waals surface area contributed by atoms with E-state index < -0.39 is 51.2 Å². The summed E-state index contributed by atoms with van der Waals surface area (Å²) in [5.74, 6) is -1.05. The number of pyridine rings is 1. The lowest BCUT2D eigenvalue weighted by atomic mass is 10.0. The van der Waals surface area contributed by atoms with E-state index in [1.807, 2.05) is 0 Å². The molecule has 1 saturated heterocycles. The summed E-state index contributed by atoms with van der Waals surface area (Å²) in [6, 6.07) is 8.89. The van der Waals surface area contributed by atoms with Crippen molar-refractivity contribution in [3.8, 4) is 11.1 Å². The van der Waals surface area contributed by atoms with Gasteiger partial charge in [-0.1, -0.05) is 12.1 Å². The summed E-state index contributed by atoms with van der Waals surface area (Å²) in [4.78, 5) is 62.0. The van der Waals surface area contributed by atoms with Gasteiger partial charge in [-0.25, -0.2) is 19.3 Å². The standard InChI is InChI=1S/C26H22BrFN7O6P/c1-14-29-9-16(10-30-14)15-5-6-19-18(7-15)25(21(36)13-41-42(39)40)33-35(19)12-24(37)34-11-17(28)8-20(34)26(38)32-23-4-2-3-22(27)31-23/h2-7,9-10,17,20H,8,11-13H2,1H3,(H-,31,32,38,39,40)/p+1/t17-,20+/m1/s1. The number of carbonyl (C=O) groups is 3. The number of rotatable bonds is 9. The van der Waals surface area contributed by atoms with E-state index in [0.717, 1.165) is 4.90 Å². The van der Waals surface area contributed by atoms with Gasteiger partial charge >= 0.3 is 8.25 Å². The van der Waals surface area contributed by atoms with Crippen molar-refractivity contribution >= 4 is 58.5 Å². The molecule has 0 aliphatic carbocycles. The minimum atomic E-state index is -3.02. The van der Waals surface area contributed by atoms with Crippen LogP contribution in [0, 0.1) is 6.92 Å². The molecular formula is C26H23BrFN7O6P+. The van der Waals surface area contributed by atoms with E-state index in [9.17, 15) is 23.3 Å². The summed E-state index contributed by atoms with van der Waals surface area (Å²) in [5.41, 5.74) is 1.63. The highest BCUT2D eigenvalue weighted by atomic mass is 79.9. The van der Waals surface area contributed by atoms with Crippen molar-refractivity contribution < 1.29 is 32.8 Å². The Balaban J connectivity index is 1.44. The van der Waals surface area contributed by atoms with Crippen molar-refractivity contribution in [3.63, 3.8) is 0 Å². The number of Topliss-reactive ketones (excluding diaryl/α,β-unsaturated/α-hetero) is 1. The third-order valence-electron chi connectivity index (χ3n) is 6.56. The number of carbonyl (C=O) groups excluding carboxylic acids is 3. The van der Waals surface area contributed by atoms with Crippen molar-refractivity contribution in [2.24, 2.45) is 0 Å². The first-order chi connectivity index (χ1) is 20.1. The lowest BCUT2D eigenvalue weighted by Gasteiger charge is -2.23. The second-order valence-electron chi connectivity index (χ2n) is 9.42. The number of alkyl halides is 1. The third-order valence-corrected chi connectivity index (χ3v) is 7.35. The molecule has 1 aliphatic heterocycles. The Morgan fingerprint density at radius 3 is 2.67 bits per heavy atom. The molecule has 4 heterocycles. The molecule has 3 aromatic heterocycles. The number of halogens is 2. The van der Waals surface area contributed by atoms with Gasteiger partial charge in [0.2, 0.25) is 17.6 Å². The van der Waals surface area contributed by atoms with E-state index in [1.165, 1.54) is 4.68 Å². The van der Waals surface area contributed by atoms with Gasteiger partial charge in [0.05, 0.1) is 12.1 Å². The number of benzene rings is 1. The molecule has 1 aliphatic rings. The Bertz CT molecular complexity index is 1700. The number of amides is 2. The molecule has 1 fully saturated rings. The topological polar surface area (TPSA) is 170 Å². The van der Waals surface area contributed by atoms with Crippen LogP contribution in [-0.4, -0.2) is 77.5 Å². The Hall–Kier alpha value is -4.04. The quantitative estimate of drug-likeness (QED) is 0.154. The van der Waals surface area contributed by atoms with Crippen LogP contribution in [-0.2, 0) is 25.2 Å². The van der Waals surface area contributed by atoms with Crippen LogP contribution in [0.25, 0.3) is 22.0 Å². The summed E-state index contributed by atoms with van der Waals surface area (Å²) in [6.07, 6.45) is 1.64. The van der Waals surface area contributed by atoms with Gasteiger partial charge in [-0.2, -0.15) is 5.10 Å². The van der Waals surface area contributed by atoms with E-state index in [2.05, 4.69) is 45.8 Å². The lowest BCUT2D eigenvalue weighted by Crippen LogP contribution is -2.44. The average molecular weight is 659 g/mol. The van der Waals surface area contributed by atoms with E-state index in [-0.39, 0.29) is 24.5 Å². The molecule has 2 amide bonds. The fourth-order valence-corrected chi connectivity index (χ4v) is 5.20. The fourth-order valence-electron chi connectivity index (χ4n) is 4.62. The normalized spacial score (nSPS) is 17.0. The number of aryl methyl sites for hydroxylation is 1. The number of nitrogens with zero attached hydrogens (tertiary/aromatic N) is 6. The molecular weight excluding hydrogens is 636 g/mol. The van der Waals surface area contributed by atoms with Crippen LogP contribution in [0.5, 0.6) is 0 Å². The number of ketones is 1. The Labute approximate surface area is 247 Å². The van der Waals surface area contributed by atoms with Crippen molar-refractivity contribution in [1.29, 1.82) is 0 Å². The highest BCUT2D eigenvalue weighted by Crippen LogP contribution is 2.28. The Kier molecular flexibility index (Phi) is 8.73. The first-order valence-electron chi connectivity index (χ1n) is 12.6. The number of aromatic nitrogens is 5. The number of anilines is 1. The third kappa shape index (κ3) is 6.54. The molecule has 3 atom stereocenters. The monoisotopic (exact) mass is 658 g/mol. The minimum absolute atomic E-state index is 0.0932. The van der Waals surface area contributed by atoms with Gasteiger partial charge in [-0.05, 0) is 52.7 Å². The van der Waals surface area contributed by atoms with Crippen molar-refractivity contribution in [1.82, 2.24) is 29.6 Å². The second-order valence-corrected chi connectivity index (χ2v) is 11.0. The van der Waals surface area contributed by atoms with Gasteiger partial charge < -0.3 is 10.2 Å². The Morgan fingerprint density at radius 2 is 1.95 bits per heavy atom. The van der Waals surface area contributed by atoms with Crippen molar-refractivity contribution in [3.05, 3.63) is 64.9 Å². The highest BCUT2D eigenvalue weighted by molar-refractivity contribution is 9.10. The first-order valence-corrected chi connectivity index (χ1v) is 14.5. The van der Waals surface area contributed by atoms with Crippen LogP contribution >= 0.6 is 24.2 Å². The summed E-state index contributed by atoms with van der Waals surface area (Å²) in [5, 5.41) is 7.28. The number of hydrogen-bond donors (Lipinski definition) is 2. The van der Waals surface area contributed by atoms with E-state index >= 15 is 0 Å². The molecule has 1 unspecified atom stereocenters. The van der Waals surface area contributed by atoms with Crippen LogP contribution in [0.4, 0.5) is 10.2 Å². The largest absolute Gasteiger partial charge is 0.695 e. The van der Waals surface area contributed by atoms with Crippen molar-refractivity contribution in [2.45, 2.75) is 32.1 Å². The van der Waals surface area contributed by atoms with Gasteiger partial charge in [-0.3, -0.25) is 19.1 Å². The molecule has 4 aromatic rings. The molecule has 2 N–H and O–H groups in total. The van der Waals surface area contributed by atoms with Crippen LogP contribution in [0.15, 0.2) is 53.4 Å². The first kappa shape index (κ1) is 29.5. The molecule has 42 heavy (non-hydrogen) atoms. The van der Waals surface area contributed by atoms with Gasteiger partial charge in [0.15, 0.2) is 6.61 Å². The molecule has 1 aromatic carbocycles. The smallest absolute Gasteiger partial charge is 0.326 e. The summed E-state index contributed by atoms with van der Waals surface area (Å²) >= 11 is 3.22. The van der Waals surface area contributed by atoms with E-state index in [1.54, 1.807) is 55.7 Å². The van der Waals surface area contributed by atoms with Gasteiger partial charge in [0, 0.05) is 34.3 Å². The molecule has 216 valence electrons. The molecule has 0 radical (unpaired) electrons. The summed E-state index contributed by atoms with van der Waals surface area (Å²) in [6.45, 7) is 0.333. The second kappa shape index (κ2) is 12.4. The van der Waals surface area contributed by atoms with Gasteiger partial charge in [-0.15, -0.1) is 9.42 Å². The maximum Gasteiger partial charge on any atom is 0.695 e.